The second kappa shape index (κ2) is 10.0. The molecule has 1 aliphatic rings. The maximum Gasteiger partial charge on any atom is 0.226 e. The Balaban J connectivity index is 1.38. The molecule has 31 heavy (non-hydrogen) atoms. The fourth-order valence-corrected chi connectivity index (χ4v) is 4.71. The molecule has 0 bridgehead atoms. The van der Waals surface area contributed by atoms with Crippen molar-refractivity contribution in [3.8, 4) is 16.3 Å². The molecule has 1 aliphatic heterocycles. The first-order valence-corrected chi connectivity index (χ1v) is 11.4. The van der Waals surface area contributed by atoms with Gasteiger partial charge >= 0.3 is 0 Å². The Morgan fingerprint density at radius 2 is 1.87 bits per heavy atom. The quantitative estimate of drug-likeness (QED) is 0.563. The molecule has 1 aromatic heterocycles. The Hall–Kier alpha value is -2.77. The van der Waals surface area contributed by atoms with Crippen LogP contribution in [0.25, 0.3) is 10.6 Å². The highest BCUT2D eigenvalue weighted by atomic mass is 32.1. The van der Waals surface area contributed by atoms with E-state index in [0.717, 1.165) is 35.1 Å². The normalized spacial score (nSPS) is 15.0. The number of amides is 1. The van der Waals surface area contributed by atoms with Crippen LogP contribution in [0.2, 0.25) is 0 Å². The van der Waals surface area contributed by atoms with E-state index in [-0.39, 0.29) is 24.2 Å². The van der Waals surface area contributed by atoms with Gasteiger partial charge in [-0.3, -0.25) is 9.69 Å². The number of carbonyl (C=O) groups excluding carboxylic acids is 1. The number of likely N-dealkylation sites (tertiary alicyclic amines) is 1. The number of rotatable bonds is 8. The summed E-state index contributed by atoms with van der Waals surface area (Å²) in [5.41, 5.74) is 2.76. The predicted octanol–water partition coefficient (Wildman–Crippen LogP) is 4.45. The van der Waals surface area contributed by atoms with Crippen LogP contribution in [-0.2, 0) is 11.2 Å². The molecule has 162 valence electrons. The van der Waals surface area contributed by atoms with Crippen LogP contribution in [0, 0.1) is 5.82 Å². The van der Waals surface area contributed by atoms with Crippen molar-refractivity contribution in [2.24, 2.45) is 0 Å². The van der Waals surface area contributed by atoms with Crippen molar-refractivity contribution in [1.29, 1.82) is 0 Å². The summed E-state index contributed by atoms with van der Waals surface area (Å²) in [6, 6.07) is 14.5. The molecule has 1 N–H and O–H groups in total. The molecule has 7 heteroatoms. The molecule has 0 radical (unpaired) electrons. The smallest absolute Gasteiger partial charge is 0.226 e. The molecule has 0 aliphatic carbocycles. The average Bonchev–Trinajstić information content (AvgIpc) is 3.48. The molecule has 0 unspecified atom stereocenters. The molecule has 3 aromatic rings. The standard InChI is InChI=1S/C24H26FN3O2S/c1-30-21-10-6-17(7-11-21)22(28-12-2-3-13-28)15-26-23(29)14-20-16-31-24(27-20)18-4-8-19(25)9-5-18/h4-11,16,22H,2-3,12-15H2,1H3,(H,26,29)/t22-/m0/s1. The van der Waals surface area contributed by atoms with Crippen LogP contribution >= 0.6 is 11.3 Å². The van der Waals surface area contributed by atoms with Gasteiger partial charge < -0.3 is 10.1 Å². The first-order chi connectivity index (χ1) is 15.1. The topological polar surface area (TPSA) is 54.5 Å². The molecule has 0 spiro atoms. The molecular weight excluding hydrogens is 413 g/mol. The predicted molar refractivity (Wildman–Crippen MR) is 121 cm³/mol. The van der Waals surface area contributed by atoms with E-state index >= 15 is 0 Å². The van der Waals surface area contributed by atoms with Gasteiger partial charge in [-0.25, -0.2) is 9.37 Å². The lowest BCUT2D eigenvalue weighted by molar-refractivity contribution is -0.120. The number of ether oxygens (including phenoxy) is 1. The molecule has 5 nitrogen and oxygen atoms in total. The summed E-state index contributed by atoms with van der Waals surface area (Å²) in [6.07, 6.45) is 2.60. The maximum absolute atomic E-state index is 13.1. The third-order valence-corrected chi connectivity index (χ3v) is 6.50. The summed E-state index contributed by atoms with van der Waals surface area (Å²) in [4.78, 5) is 19.6. The molecule has 1 atom stereocenters. The van der Waals surface area contributed by atoms with Crippen molar-refractivity contribution in [2.45, 2.75) is 25.3 Å². The third kappa shape index (κ3) is 5.48. The lowest BCUT2D eigenvalue weighted by Gasteiger charge is -2.28. The van der Waals surface area contributed by atoms with Crippen molar-refractivity contribution >= 4 is 17.2 Å². The van der Waals surface area contributed by atoms with Crippen LogP contribution in [0.5, 0.6) is 5.75 Å². The largest absolute Gasteiger partial charge is 0.497 e. The van der Waals surface area contributed by atoms with Gasteiger partial charge in [-0.15, -0.1) is 11.3 Å². The number of aromatic nitrogens is 1. The van der Waals surface area contributed by atoms with E-state index in [0.29, 0.717) is 6.54 Å². The van der Waals surface area contributed by atoms with E-state index < -0.39 is 0 Å². The SMILES string of the molecule is COc1ccc([C@H](CNC(=O)Cc2csc(-c3ccc(F)cc3)n2)N2CCCC2)cc1. The van der Waals surface area contributed by atoms with Gasteiger partial charge in [-0.2, -0.15) is 0 Å². The van der Waals surface area contributed by atoms with Crippen LogP contribution < -0.4 is 10.1 Å². The van der Waals surface area contributed by atoms with E-state index in [1.54, 1.807) is 19.2 Å². The van der Waals surface area contributed by atoms with Crippen LogP contribution in [0.3, 0.4) is 0 Å². The number of halogens is 1. The third-order valence-electron chi connectivity index (χ3n) is 5.56. The molecule has 1 saturated heterocycles. The van der Waals surface area contributed by atoms with Gasteiger partial charge in [0.05, 0.1) is 25.3 Å². The number of methoxy groups -OCH3 is 1. The summed E-state index contributed by atoms with van der Waals surface area (Å²) in [6.45, 7) is 2.64. The molecule has 1 amide bonds. The minimum atomic E-state index is -0.274. The van der Waals surface area contributed by atoms with Crippen LogP contribution in [-0.4, -0.2) is 42.5 Å². The fourth-order valence-electron chi connectivity index (χ4n) is 3.89. The lowest BCUT2D eigenvalue weighted by Crippen LogP contribution is -2.37. The van der Waals surface area contributed by atoms with Gasteiger partial charge in [0.1, 0.15) is 16.6 Å². The Kier molecular flexibility index (Phi) is 6.94. The molecule has 2 heterocycles. The highest BCUT2D eigenvalue weighted by molar-refractivity contribution is 7.13. The second-order valence-corrected chi connectivity index (χ2v) is 8.52. The van der Waals surface area contributed by atoms with Gasteiger partial charge in [0, 0.05) is 17.5 Å². The zero-order valence-corrected chi connectivity index (χ0v) is 18.3. The van der Waals surface area contributed by atoms with Gasteiger partial charge in [-0.1, -0.05) is 12.1 Å². The number of hydrogen-bond acceptors (Lipinski definition) is 5. The molecular formula is C24H26FN3O2S. The summed E-state index contributed by atoms with van der Waals surface area (Å²) < 4.78 is 18.4. The first kappa shape index (κ1) is 21.5. The monoisotopic (exact) mass is 439 g/mol. The minimum absolute atomic E-state index is 0.0475. The van der Waals surface area contributed by atoms with Gasteiger partial charge in [0.2, 0.25) is 5.91 Å². The average molecular weight is 440 g/mol. The van der Waals surface area contributed by atoms with E-state index in [1.165, 1.54) is 41.9 Å². The van der Waals surface area contributed by atoms with Crippen molar-refractivity contribution in [3.63, 3.8) is 0 Å². The molecule has 0 saturated carbocycles. The summed E-state index contributed by atoms with van der Waals surface area (Å²) in [5, 5.41) is 5.77. The number of nitrogens with zero attached hydrogens (tertiary/aromatic N) is 2. The van der Waals surface area contributed by atoms with E-state index in [4.69, 9.17) is 4.74 Å². The Labute approximate surface area is 185 Å². The van der Waals surface area contributed by atoms with Crippen molar-refractivity contribution in [1.82, 2.24) is 15.2 Å². The van der Waals surface area contributed by atoms with Crippen molar-refractivity contribution < 1.29 is 13.9 Å². The Bertz CT molecular complexity index is 998. The molecule has 2 aromatic carbocycles. The van der Waals surface area contributed by atoms with Crippen LogP contribution in [0.15, 0.2) is 53.9 Å². The number of carbonyl (C=O) groups is 1. The highest BCUT2D eigenvalue weighted by Gasteiger charge is 2.24. The Morgan fingerprint density at radius 3 is 2.55 bits per heavy atom. The molecule has 4 rings (SSSR count). The number of benzene rings is 2. The summed E-state index contributed by atoms with van der Waals surface area (Å²) >= 11 is 1.46. The van der Waals surface area contributed by atoms with Gasteiger partial charge in [-0.05, 0) is 67.9 Å². The van der Waals surface area contributed by atoms with E-state index in [9.17, 15) is 9.18 Å². The van der Waals surface area contributed by atoms with Gasteiger partial charge in [0.25, 0.3) is 0 Å². The maximum atomic E-state index is 13.1. The fraction of sp³-hybridized carbons (Fsp3) is 0.333. The van der Waals surface area contributed by atoms with Crippen molar-refractivity contribution in [3.05, 3.63) is 71.0 Å². The van der Waals surface area contributed by atoms with E-state index in [2.05, 4.69) is 27.3 Å². The zero-order valence-electron chi connectivity index (χ0n) is 17.5. The van der Waals surface area contributed by atoms with Crippen LogP contribution in [0.4, 0.5) is 4.39 Å². The number of hydrogen-bond donors (Lipinski definition) is 1. The summed E-state index contributed by atoms with van der Waals surface area (Å²) in [5.74, 6) is 0.506. The second-order valence-electron chi connectivity index (χ2n) is 7.66. The van der Waals surface area contributed by atoms with Crippen LogP contribution in [0.1, 0.15) is 30.1 Å². The highest BCUT2D eigenvalue weighted by Crippen LogP contribution is 2.27. The van der Waals surface area contributed by atoms with E-state index in [1.807, 2.05) is 17.5 Å². The minimum Gasteiger partial charge on any atom is -0.497 e. The number of thiazole rings is 1. The Morgan fingerprint density at radius 1 is 1.16 bits per heavy atom. The summed E-state index contributed by atoms with van der Waals surface area (Å²) in [7, 11) is 1.66. The first-order valence-electron chi connectivity index (χ1n) is 10.5. The zero-order chi connectivity index (χ0) is 21.6. The number of nitrogens with one attached hydrogen (secondary N) is 1. The molecule has 1 fully saturated rings. The van der Waals surface area contributed by atoms with Crippen molar-refractivity contribution in [2.75, 3.05) is 26.7 Å². The lowest BCUT2D eigenvalue weighted by atomic mass is 10.1. The van der Waals surface area contributed by atoms with Gasteiger partial charge in [0.15, 0.2) is 0 Å².